The number of rotatable bonds is 4. The highest BCUT2D eigenvalue weighted by Gasteiger charge is 2.08. The molecule has 0 aliphatic heterocycles. The Morgan fingerprint density at radius 1 is 0.960 bits per heavy atom. The van der Waals surface area contributed by atoms with E-state index in [2.05, 4.69) is 31.5 Å². The Balaban J connectivity index is 1.72. The normalized spacial score (nSPS) is 9.92. The van der Waals surface area contributed by atoms with Crippen molar-refractivity contribution in [3.05, 3.63) is 82.6 Å². The number of nitrogens with one attached hydrogen (secondary N) is 2. The van der Waals surface area contributed by atoms with Gasteiger partial charge in [0.2, 0.25) is 0 Å². The lowest BCUT2D eigenvalue weighted by Gasteiger charge is -2.09. The van der Waals surface area contributed by atoms with Crippen LogP contribution in [0.4, 0.5) is 17.1 Å². The molecule has 0 radical (unpaired) electrons. The number of hydrogen-bond donors (Lipinski definition) is 2. The Hall–Kier alpha value is -3.17. The van der Waals surface area contributed by atoms with E-state index < -0.39 is 0 Å². The molecule has 6 heteroatoms. The van der Waals surface area contributed by atoms with Crippen molar-refractivity contribution in [1.29, 1.82) is 5.26 Å². The van der Waals surface area contributed by atoms with Crippen molar-refractivity contribution in [3.63, 3.8) is 0 Å². The number of pyridine rings is 1. The van der Waals surface area contributed by atoms with E-state index in [4.69, 9.17) is 5.26 Å². The van der Waals surface area contributed by atoms with E-state index in [1.807, 2.05) is 30.3 Å². The van der Waals surface area contributed by atoms with Crippen molar-refractivity contribution in [2.24, 2.45) is 0 Å². The molecule has 2 aromatic carbocycles. The molecule has 0 fully saturated rings. The van der Waals surface area contributed by atoms with Gasteiger partial charge in [-0.3, -0.25) is 9.78 Å². The Morgan fingerprint density at radius 3 is 2.32 bits per heavy atom. The second-order valence-corrected chi connectivity index (χ2v) is 6.15. The van der Waals surface area contributed by atoms with Crippen molar-refractivity contribution in [2.75, 3.05) is 10.6 Å². The summed E-state index contributed by atoms with van der Waals surface area (Å²) in [7, 11) is 0. The van der Waals surface area contributed by atoms with E-state index in [9.17, 15) is 4.79 Å². The molecule has 0 atom stereocenters. The molecule has 25 heavy (non-hydrogen) atoms. The van der Waals surface area contributed by atoms with Crippen LogP contribution in [0.15, 0.2) is 71.5 Å². The fraction of sp³-hybridized carbons (Fsp3) is 0. The van der Waals surface area contributed by atoms with Gasteiger partial charge in [-0.05, 0) is 54.6 Å². The third kappa shape index (κ3) is 4.43. The Bertz CT molecular complexity index is 931. The molecule has 0 spiro atoms. The number of benzene rings is 2. The lowest BCUT2D eigenvalue weighted by Crippen LogP contribution is -2.12. The van der Waals surface area contributed by atoms with Gasteiger partial charge in [0.05, 0.1) is 29.1 Å². The molecule has 1 heterocycles. The molecule has 0 aliphatic carbocycles. The van der Waals surface area contributed by atoms with Crippen molar-refractivity contribution in [2.45, 2.75) is 0 Å². The molecule has 3 aromatic rings. The van der Waals surface area contributed by atoms with Gasteiger partial charge < -0.3 is 10.6 Å². The predicted molar refractivity (Wildman–Crippen MR) is 101 cm³/mol. The van der Waals surface area contributed by atoms with E-state index in [1.165, 1.54) is 6.20 Å². The summed E-state index contributed by atoms with van der Waals surface area (Å²) < 4.78 is 0.992. The van der Waals surface area contributed by atoms with Crippen LogP contribution >= 0.6 is 15.9 Å². The summed E-state index contributed by atoms with van der Waals surface area (Å²) in [4.78, 5) is 16.5. The minimum atomic E-state index is -0.267. The van der Waals surface area contributed by atoms with Crippen molar-refractivity contribution < 1.29 is 4.79 Å². The largest absolute Gasteiger partial charge is 0.354 e. The van der Waals surface area contributed by atoms with Gasteiger partial charge in [-0.25, -0.2) is 0 Å². The summed E-state index contributed by atoms with van der Waals surface area (Å²) in [6.07, 6.45) is 3.16. The predicted octanol–water partition coefficient (Wildman–Crippen LogP) is 4.71. The van der Waals surface area contributed by atoms with E-state index in [1.54, 1.807) is 36.5 Å². The number of anilines is 3. The summed E-state index contributed by atoms with van der Waals surface area (Å²) in [5.74, 6) is -0.267. The second-order valence-electron chi connectivity index (χ2n) is 5.24. The van der Waals surface area contributed by atoms with Crippen molar-refractivity contribution in [1.82, 2.24) is 4.98 Å². The van der Waals surface area contributed by atoms with Gasteiger partial charge in [0.25, 0.3) is 5.91 Å². The summed E-state index contributed by atoms with van der Waals surface area (Å²) >= 11 is 3.39. The Kier molecular flexibility index (Phi) is 5.07. The van der Waals surface area contributed by atoms with Gasteiger partial charge in [0, 0.05) is 22.0 Å². The smallest absolute Gasteiger partial charge is 0.257 e. The highest BCUT2D eigenvalue weighted by molar-refractivity contribution is 9.10. The highest BCUT2D eigenvalue weighted by atomic mass is 79.9. The van der Waals surface area contributed by atoms with E-state index in [-0.39, 0.29) is 5.91 Å². The first-order chi connectivity index (χ1) is 12.1. The molecule has 0 saturated heterocycles. The number of carbonyl (C=O) groups excluding carboxylic acids is 1. The maximum Gasteiger partial charge on any atom is 0.257 e. The van der Waals surface area contributed by atoms with Gasteiger partial charge >= 0.3 is 0 Å². The van der Waals surface area contributed by atoms with Gasteiger partial charge in [-0.15, -0.1) is 0 Å². The molecule has 1 aromatic heterocycles. The molecule has 0 aliphatic rings. The van der Waals surface area contributed by atoms with E-state index in [0.29, 0.717) is 16.8 Å². The Morgan fingerprint density at radius 2 is 1.64 bits per heavy atom. The average Bonchev–Trinajstić information content (AvgIpc) is 2.64. The maximum absolute atomic E-state index is 12.4. The van der Waals surface area contributed by atoms with Crippen LogP contribution < -0.4 is 10.6 Å². The first kappa shape index (κ1) is 16.7. The van der Waals surface area contributed by atoms with Crippen LogP contribution in [0.1, 0.15) is 15.9 Å². The first-order valence-corrected chi connectivity index (χ1v) is 8.22. The topological polar surface area (TPSA) is 77.8 Å². The molecule has 0 unspecified atom stereocenters. The van der Waals surface area contributed by atoms with Gasteiger partial charge in [0.1, 0.15) is 0 Å². The molecular weight excluding hydrogens is 380 g/mol. The number of hydrogen-bond acceptors (Lipinski definition) is 4. The van der Waals surface area contributed by atoms with Crippen molar-refractivity contribution >= 4 is 38.9 Å². The number of nitrogens with zero attached hydrogens (tertiary/aromatic N) is 2. The van der Waals surface area contributed by atoms with Gasteiger partial charge in [-0.2, -0.15) is 5.26 Å². The van der Waals surface area contributed by atoms with Crippen LogP contribution in [0.2, 0.25) is 0 Å². The average molecular weight is 393 g/mol. The van der Waals surface area contributed by atoms with Crippen LogP contribution in [-0.2, 0) is 0 Å². The fourth-order valence-corrected chi connectivity index (χ4v) is 2.43. The van der Waals surface area contributed by atoms with Crippen LogP contribution in [0, 0.1) is 11.3 Å². The molecule has 0 bridgehead atoms. The summed E-state index contributed by atoms with van der Waals surface area (Å²) in [5, 5.41) is 14.8. The quantitative estimate of drug-likeness (QED) is 0.673. The van der Waals surface area contributed by atoms with Gasteiger partial charge in [0.15, 0.2) is 0 Å². The van der Waals surface area contributed by atoms with Crippen LogP contribution in [-0.4, -0.2) is 10.9 Å². The fourth-order valence-electron chi connectivity index (χ4n) is 2.16. The number of aromatic nitrogens is 1. The van der Waals surface area contributed by atoms with Crippen LogP contribution in [0.25, 0.3) is 0 Å². The lowest BCUT2D eigenvalue weighted by atomic mass is 10.2. The third-order valence-electron chi connectivity index (χ3n) is 3.41. The molecular formula is C19H13BrN4O. The molecule has 2 N–H and O–H groups in total. The zero-order chi connectivity index (χ0) is 17.6. The van der Waals surface area contributed by atoms with Crippen LogP contribution in [0.3, 0.4) is 0 Å². The Labute approximate surface area is 153 Å². The van der Waals surface area contributed by atoms with Crippen LogP contribution in [0.5, 0.6) is 0 Å². The lowest BCUT2D eigenvalue weighted by molar-refractivity contribution is 0.102. The highest BCUT2D eigenvalue weighted by Crippen LogP contribution is 2.20. The maximum atomic E-state index is 12.4. The van der Waals surface area contributed by atoms with Crippen molar-refractivity contribution in [3.8, 4) is 6.07 Å². The first-order valence-electron chi connectivity index (χ1n) is 7.43. The standard InChI is InChI=1S/C19H13BrN4O/c20-15-3-7-16(8-4-15)23-18-9-14(11-22-12-18)19(25)24-17-5-1-13(10-21)2-6-17/h1-9,11-12,23H,(H,24,25). The molecule has 122 valence electrons. The number of carbonyl (C=O) groups is 1. The zero-order valence-corrected chi connectivity index (χ0v) is 14.6. The summed E-state index contributed by atoms with van der Waals surface area (Å²) in [6, 6.07) is 18.2. The third-order valence-corrected chi connectivity index (χ3v) is 3.93. The monoisotopic (exact) mass is 392 g/mol. The zero-order valence-electron chi connectivity index (χ0n) is 13.0. The minimum absolute atomic E-state index is 0.267. The van der Waals surface area contributed by atoms with Gasteiger partial charge in [-0.1, -0.05) is 15.9 Å². The molecule has 1 amide bonds. The molecule has 3 rings (SSSR count). The molecule has 5 nitrogen and oxygen atoms in total. The van der Waals surface area contributed by atoms with E-state index in [0.717, 1.165) is 15.8 Å². The number of amides is 1. The summed E-state index contributed by atoms with van der Waals surface area (Å²) in [5.41, 5.74) is 3.21. The SMILES string of the molecule is N#Cc1ccc(NC(=O)c2cncc(Nc3ccc(Br)cc3)c2)cc1. The summed E-state index contributed by atoms with van der Waals surface area (Å²) in [6.45, 7) is 0. The molecule has 0 saturated carbocycles. The number of nitriles is 1. The minimum Gasteiger partial charge on any atom is -0.354 e. The number of halogens is 1. The second kappa shape index (κ2) is 7.60. The van der Waals surface area contributed by atoms with E-state index >= 15 is 0 Å².